The molecule has 6 atom stereocenters. The third-order valence-electron chi connectivity index (χ3n) is 7.75. The number of hydrogen-bond acceptors (Lipinski definition) is 9. The zero-order valence-electron chi connectivity index (χ0n) is 18.4. The lowest BCUT2D eigenvalue weighted by Gasteiger charge is -2.49. The van der Waals surface area contributed by atoms with Gasteiger partial charge in [-0.1, -0.05) is 6.07 Å². The Balaban J connectivity index is 1.27. The number of methoxy groups -OCH3 is 1. The molecular formula is C21H33N7O3. The Morgan fingerprint density at radius 2 is 2.06 bits per heavy atom. The van der Waals surface area contributed by atoms with Crippen LogP contribution in [0.15, 0.2) is 18.3 Å². The molecule has 10 nitrogen and oxygen atoms in total. The van der Waals surface area contributed by atoms with Gasteiger partial charge in [-0.15, -0.1) is 0 Å². The van der Waals surface area contributed by atoms with Crippen LogP contribution < -0.4 is 26.6 Å². The molecule has 5 rings (SSSR count). The Hall–Kier alpha value is -1.82. The normalized spacial score (nSPS) is 37.9. The molecule has 5 N–H and O–H groups in total. The lowest BCUT2D eigenvalue weighted by Crippen LogP contribution is -2.70. The van der Waals surface area contributed by atoms with Gasteiger partial charge in [-0.05, 0) is 25.3 Å². The topological polar surface area (TPSA) is 117 Å². The van der Waals surface area contributed by atoms with Crippen molar-refractivity contribution in [1.29, 1.82) is 0 Å². The van der Waals surface area contributed by atoms with Gasteiger partial charge in [-0.3, -0.25) is 15.0 Å². The van der Waals surface area contributed by atoms with E-state index in [1.165, 1.54) is 0 Å². The summed E-state index contributed by atoms with van der Waals surface area (Å²) < 4.78 is 11.0. The number of amides is 1. The summed E-state index contributed by atoms with van der Waals surface area (Å²) in [5, 5.41) is 3.64. The van der Waals surface area contributed by atoms with Crippen LogP contribution in [0.2, 0.25) is 0 Å². The summed E-state index contributed by atoms with van der Waals surface area (Å²) in [6.07, 6.45) is 3.54. The fourth-order valence-electron chi connectivity index (χ4n) is 5.63. The minimum atomic E-state index is -0.259. The van der Waals surface area contributed by atoms with Gasteiger partial charge in [-0.2, -0.15) is 0 Å². The molecule has 1 amide bonds. The molecule has 1 spiro atoms. The number of hydrogen-bond donors (Lipinski definition) is 4. The summed E-state index contributed by atoms with van der Waals surface area (Å²) >= 11 is 0. The number of hydrazine groups is 1. The van der Waals surface area contributed by atoms with E-state index in [0.717, 1.165) is 38.1 Å². The number of carbonyl (C=O) groups excluding carboxylic acids is 1. The van der Waals surface area contributed by atoms with Crippen LogP contribution >= 0.6 is 0 Å². The molecular weight excluding hydrogens is 398 g/mol. The standard InChI is InChI=1S/C21H33N7O3/c1-12-17(22)21(11-31-12)6-8-28(9-7-21)20-24-18-15(19(29)27(20)2)16(25-26-18)13-4-5-14(30-3)23-10-13/h4-5,10,12,15-18,20,24-26H,6-9,11,22H2,1-3H3/t12-,15?,16?,17+,18?,20?/m0/s1. The number of carbonyl (C=O) groups is 1. The monoisotopic (exact) mass is 431 g/mol. The predicted octanol–water partition coefficient (Wildman–Crippen LogP) is -0.645. The van der Waals surface area contributed by atoms with Crippen LogP contribution in [0.1, 0.15) is 31.4 Å². The van der Waals surface area contributed by atoms with Gasteiger partial charge in [0.1, 0.15) is 6.29 Å². The second-order valence-electron chi connectivity index (χ2n) is 9.33. The molecule has 0 bridgehead atoms. The van der Waals surface area contributed by atoms with Crippen molar-refractivity contribution in [1.82, 2.24) is 31.0 Å². The van der Waals surface area contributed by atoms with E-state index in [1.54, 1.807) is 13.3 Å². The highest BCUT2D eigenvalue weighted by atomic mass is 16.5. The van der Waals surface area contributed by atoms with Crippen molar-refractivity contribution in [3.05, 3.63) is 23.9 Å². The number of aromatic nitrogens is 1. The number of pyridine rings is 1. The van der Waals surface area contributed by atoms with Gasteiger partial charge in [0.25, 0.3) is 0 Å². The van der Waals surface area contributed by atoms with Gasteiger partial charge in [-0.25, -0.2) is 15.8 Å². The molecule has 170 valence electrons. The van der Waals surface area contributed by atoms with Crippen molar-refractivity contribution < 1.29 is 14.3 Å². The Morgan fingerprint density at radius 1 is 1.29 bits per heavy atom. The maximum atomic E-state index is 13.4. The second-order valence-corrected chi connectivity index (χ2v) is 9.33. The third kappa shape index (κ3) is 3.42. The molecule has 4 saturated heterocycles. The lowest BCUT2D eigenvalue weighted by atomic mass is 9.73. The molecule has 1 aromatic heterocycles. The highest BCUT2D eigenvalue weighted by molar-refractivity contribution is 5.81. The molecule has 4 aliphatic heterocycles. The Kier molecular flexibility index (Phi) is 5.40. The van der Waals surface area contributed by atoms with E-state index in [9.17, 15) is 4.79 Å². The molecule has 0 aromatic carbocycles. The minimum Gasteiger partial charge on any atom is -0.481 e. The molecule has 0 saturated carbocycles. The quantitative estimate of drug-likeness (QED) is 0.495. The van der Waals surface area contributed by atoms with Crippen LogP contribution in [0.4, 0.5) is 0 Å². The number of likely N-dealkylation sites (tertiary alicyclic amines) is 1. The molecule has 31 heavy (non-hydrogen) atoms. The summed E-state index contributed by atoms with van der Waals surface area (Å²) in [6, 6.07) is 3.69. The van der Waals surface area contributed by atoms with Gasteiger partial charge in [0.05, 0.1) is 37.9 Å². The average molecular weight is 432 g/mol. The molecule has 0 aliphatic carbocycles. The first-order valence-corrected chi connectivity index (χ1v) is 11.1. The van der Waals surface area contributed by atoms with E-state index < -0.39 is 0 Å². The van der Waals surface area contributed by atoms with E-state index in [0.29, 0.717) is 5.88 Å². The van der Waals surface area contributed by atoms with Crippen molar-refractivity contribution in [2.24, 2.45) is 17.1 Å². The summed E-state index contributed by atoms with van der Waals surface area (Å²) in [6.45, 7) is 4.57. The Morgan fingerprint density at radius 3 is 2.68 bits per heavy atom. The van der Waals surface area contributed by atoms with Crippen molar-refractivity contribution in [3.63, 3.8) is 0 Å². The highest BCUT2D eigenvalue weighted by Gasteiger charge is 2.52. The van der Waals surface area contributed by atoms with Crippen molar-refractivity contribution in [3.8, 4) is 5.88 Å². The second kappa shape index (κ2) is 7.95. The number of rotatable bonds is 3. The van der Waals surface area contributed by atoms with Crippen LogP contribution in [-0.2, 0) is 9.53 Å². The lowest BCUT2D eigenvalue weighted by molar-refractivity contribution is -0.151. The smallest absolute Gasteiger partial charge is 0.232 e. The van der Waals surface area contributed by atoms with Gasteiger partial charge in [0.15, 0.2) is 0 Å². The Bertz CT molecular complexity index is 814. The summed E-state index contributed by atoms with van der Waals surface area (Å²) in [7, 11) is 3.47. The number of nitrogens with one attached hydrogen (secondary N) is 3. The number of fused-ring (bicyclic) bond motifs is 1. The summed E-state index contributed by atoms with van der Waals surface area (Å²) in [5.41, 5.74) is 14.0. The molecule has 4 unspecified atom stereocenters. The van der Waals surface area contributed by atoms with Crippen LogP contribution in [0.3, 0.4) is 0 Å². The maximum Gasteiger partial charge on any atom is 0.232 e. The molecule has 0 radical (unpaired) electrons. The fraction of sp³-hybridized carbons (Fsp3) is 0.714. The van der Waals surface area contributed by atoms with Gasteiger partial charge < -0.3 is 20.1 Å². The predicted molar refractivity (Wildman–Crippen MR) is 113 cm³/mol. The van der Waals surface area contributed by atoms with E-state index >= 15 is 0 Å². The summed E-state index contributed by atoms with van der Waals surface area (Å²) in [4.78, 5) is 21.9. The van der Waals surface area contributed by atoms with Crippen LogP contribution in [0, 0.1) is 11.3 Å². The minimum absolute atomic E-state index is 0.0648. The SMILES string of the molecule is COc1ccc(C2NNC3NC(N4CCC5(CC4)CO[C@@H](C)[C@H]5N)N(C)C(=O)C32)cn1. The van der Waals surface area contributed by atoms with Gasteiger partial charge in [0, 0.05) is 43.9 Å². The van der Waals surface area contributed by atoms with Gasteiger partial charge in [0.2, 0.25) is 11.8 Å². The van der Waals surface area contributed by atoms with Crippen molar-refractivity contribution in [2.75, 3.05) is 33.9 Å². The first kappa shape index (κ1) is 21.0. The van der Waals surface area contributed by atoms with Crippen LogP contribution in [0.5, 0.6) is 5.88 Å². The number of piperidine rings is 1. The number of nitrogens with zero attached hydrogens (tertiary/aromatic N) is 3. The first-order chi connectivity index (χ1) is 14.9. The highest BCUT2D eigenvalue weighted by Crippen LogP contribution is 2.42. The largest absolute Gasteiger partial charge is 0.481 e. The van der Waals surface area contributed by atoms with Crippen molar-refractivity contribution >= 4 is 5.91 Å². The molecule has 4 aliphatic rings. The van der Waals surface area contributed by atoms with E-state index in [2.05, 4.69) is 33.0 Å². The van der Waals surface area contributed by atoms with E-state index in [4.69, 9.17) is 15.2 Å². The molecule has 10 heteroatoms. The number of nitrogens with two attached hydrogens (primary N) is 1. The van der Waals surface area contributed by atoms with Gasteiger partial charge >= 0.3 is 0 Å². The number of ether oxygens (including phenoxy) is 2. The Labute approximate surface area is 182 Å². The third-order valence-corrected chi connectivity index (χ3v) is 7.75. The van der Waals surface area contributed by atoms with Crippen LogP contribution in [0.25, 0.3) is 0 Å². The van der Waals surface area contributed by atoms with E-state index in [-0.39, 0.29) is 47.9 Å². The molecule has 1 aromatic rings. The maximum absolute atomic E-state index is 13.4. The molecule has 4 fully saturated rings. The van der Waals surface area contributed by atoms with Crippen LogP contribution in [-0.4, -0.2) is 79.1 Å². The molecule has 5 heterocycles. The zero-order chi connectivity index (χ0) is 21.8. The van der Waals surface area contributed by atoms with E-state index in [1.807, 2.05) is 24.1 Å². The zero-order valence-corrected chi connectivity index (χ0v) is 18.4. The average Bonchev–Trinajstić information content (AvgIpc) is 3.34. The van der Waals surface area contributed by atoms with Crippen molar-refractivity contribution in [2.45, 2.75) is 50.4 Å². The first-order valence-electron chi connectivity index (χ1n) is 11.1. The summed E-state index contributed by atoms with van der Waals surface area (Å²) in [5.74, 6) is 0.410. The fourth-order valence-corrected chi connectivity index (χ4v) is 5.63.